The molecule has 0 saturated heterocycles. The van der Waals surface area contributed by atoms with Crippen molar-refractivity contribution in [2.75, 3.05) is 13.2 Å². The smallest absolute Gasteiger partial charge is 0.111 e. The van der Waals surface area contributed by atoms with E-state index >= 15 is 0 Å². The van der Waals surface area contributed by atoms with Gasteiger partial charge in [0, 0.05) is 6.42 Å². The second kappa shape index (κ2) is 10.3. The Hall–Kier alpha value is -1.46. The van der Waals surface area contributed by atoms with Crippen LogP contribution < -0.4 is 0 Å². The summed E-state index contributed by atoms with van der Waals surface area (Å²) in [6.07, 6.45) is -6.12. The van der Waals surface area contributed by atoms with Crippen LogP contribution in [0.4, 0.5) is 0 Å². The minimum Gasteiger partial charge on any atom is -0.394 e. The molecule has 6 nitrogen and oxygen atoms in total. The number of ether oxygens (including phenoxy) is 1. The van der Waals surface area contributed by atoms with Crippen molar-refractivity contribution in [2.45, 2.75) is 37.4 Å². The zero-order valence-electron chi connectivity index (χ0n) is 12.2. The van der Waals surface area contributed by atoms with Gasteiger partial charge in [-0.15, -0.1) is 0 Å². The summed E-state index contributed by atoms with van der Waals surface area (Å²) >= 11 is 0. The summed E-state index contributed by atoms with van der Waals surface area (Å²) in [6.45, 7) is -0.0917. The van der Waals surface area contributed by atoms with E-state index in [1.807, 2.05) is 30.3 Å². The first-order chi connectivity index (χ1) is 10.6. The highest BCUT2D eigenvalue weighted by Crippen LogP contribution is 2.07. The molecule has 0 aliphatic heterocycles. The monoisotopic (exact) mass is 310 g/mol. The predicted molar refractivity (Wildman–Crippen MR) is 79.6 cm³/mol. The van der Waals surface area contributed by atoms with Gasteiger partial charge in [-0.25, -0.2) is 0 Å². The Balaban J connectivity index is 2.25. The number of hydrogen-bond acceptors (Lipinski definition) is 6. The van der Waals surface area contributed by atoms with Crippen molar-refractivity contribution in [3.63, 3.8) is 0 Å². The Morgan fingerprint density at radius 1 is 0.909 bits per heavy atom. The highest BCUT2D eigenvalue weighted by atomic mass is 16.5. The largest absolute Gasteiger partial charge is 0.394 e. The molecule has 22 heavy (non-hydrogen) atoms. The molecule has 4 atom stereocenters. The average Bonchev–Trinajstić information content (AvgIpc) is 2.56. The van der Waals surface area contributed by atoms with Crippen molar-refractivity contribution >= 4 is 0 Å². The van der Waals surface area contributed by atoms with Crippen molar-refractivity contribution in [2.24, 2.45) is 0 Å². The molecule has 0 spiro atoms. The fraction of sp³-hybridized carbons (Fsp3) is 0.500. The lowest BCUT2D eigenvalue weighted by molar-refractivity contribution is -0.113. The molecular formula is C16H22O6. The molecular weight excluding hydrogens is 288 g/mol. The molecule has 0 amide bonds. The van der Waals surface area contributed by atoms with Crippen molar-refractivity contribution in [1.82, 2.24) is 0 Å². The first-order valence-corrected chi connectivity index (χ1v) is 6.96. The molecule has 0 bridgehead atoms. The van der Waals surface area contributed by atoms with E-state index < -0.39 is 31.0 Å². The summed E-state index contributed by atoms with van der Waals surface area (Å²) in [4.78, 5) is 0. The van der Waals surface area contributed by atoms with E-state index in [-0.39, 0.29) is 13.0 Å². The summed E-state index contributed by atoms with van der Waals surface area (Å²) in [5.74, 6) is 5.31. The second-order valence-corrected chi connectivity index (χ2v) is 4.83. The lowest BCUT2D eigenvalue weighted by atomic mass is 10.0. The Kier molecular flexibility index (Phi) is 8.70. The van der Waals surface area contributed by atoms with Gasteiger partial charge in [0.1, 0.15) is 24.9 Å². The lowest BCUT2D eigenvalue weighted by Crippen LogP contribution is -2.45. The van der Waals surface area contributed by atoms with Crippen molar-refractivity contribution in [1.29, 1.82) is 0 Å². The van der Waals surface area contributed by atoms with Crippen LogP contribution in [0.3, 0.4) is 0 Å². The highest BCUT2D eigenvalue weighted by Gasteiger charge is 2.29. The normalized spacial score (nSPS) is 16.2. The van der Waals surface area contributed by atoms with E-state index in [9.17, 15) is 15.3 Å². The standard InChI is InChI=1S/C16H22O6/c17-10-14(19)16(21)15(20)13(18)8-4-5-9-22-11-12-6-2-1-3-7-12/h1-3,6-7,13-21H,8-11H2/t13?,14-,15-,16-/m1/s1. The van der Waals surface area contributed by atoms with Gasteiger partial charge in [0.15, 0.2) is 0 Å². The minimum atomic E-state index is -1.63. The lowest BCUT2D eigenvalue weighted by Gasteiger charge is -2.24. The molecule has 6 heteroatoms. The summed E-state index contributed by atoms with van der Waals surface area (Å²) in [6, 6.07) is 9.60. The third-order valence-electron chi connectivity index (χ3n) is 3.05. The highest BCUT2D eigenvalue weighted by molar-refractivity contribution is 5.13. The third-order valence-corrected chi connectivity index (χ3v) is 3.05. The third kappa shape index (κ3) is 6.54. The van der Waals surface area contributed by atoms with Gasteiger partial charge in [0.25, 0.3) is 0 Å². The number of hydrogen-bond donors (Lipinski definition) is 5. The van der Waals surface area contributed by atoms with Crippen LogP contribution in [-0.4, -0.2) is 63.2 Å². The molecule has 5 N–H and O–H groups in total. The van der Waals surface area contributed by atoms with Crippen molar-refractivity contribution in [3.05, 3.63) is 35.9 Å². The van der Waals surface area contributed by atoms with Crippen molar-refractivity contribution < 1.29 is 30.3 Å². The van der Waals surface area contributed by atoms with Crippen LogP contribution in [-0.2, 0) is 11.3 Å². The minimum absolute atomic E-state index is 0.0783. The van der Waals surface area contributed by atoms with Gasteiger partial charge in [0.05, 0.1) is 19.3 Å². The summed E-state index contributed by atoms with van der Waals surface area (Å²) < 4.78 is 5.32. The van der Waals surface area contributed by atoms with Crippen LogP contribution in [0.1, 0.15) is 12.0 Å². The molecule has 0 saturated carbocycles. The first kappa shape index (κ1) is 18.6. The van der Waals surface area contributed by atoms with Crippen LogP contribution in [0.25, 0.3) is 0 Å². The molecule has 0 aliphatic rings. The van der Waals surface area contributed by atoms with Gasteiger partial charge >= 0.3 is 0 Å². The number of benzene rings is 1. The van der Waals surface area contributed by atoms with E-state index in [4.69, 9.17) is 14.9 Å². The van der Waals surface area contributed by atoms with Gasteiger partial charge in [0.2, 0.25) is 0 Å². The molecule has 0 aromatic heterocycles. The molecule has 0 aliphatic carbocycles. The first-order valence-electron chi connectivity index (χ1n) is 6.96. The van der Waals surface area contributed by atoms with Gasteiger partial charge in [-0.1, -0.05) is 42.2 Å². The molecule has 0 fully saturated rings. The van der Waals surface area contributed by atoms with Crippen LogP contribution in [0, 0.1) is 11.8 Å². The summed E-state index contributed by atoms with van der Waals surface area (Å²) in [7, 11) is 0. The second-order valence-electron chi connectivity index (χ2n) is 4.83. The van der Waals surface area contributed by atoms with Crippen LogP contribution in [0.5, 0.6) is 0 Å². The SMILES string of the molecule is OC[C@@H](O)[C@@H](O)[C@H](O)C(O)CC#CCOCc1ccccc1. The Labute approximate surface area is 129 Å². The molecule has 1 rings (SSSR count). The number of aliphatic hydroxyl groups is 5. The molecule has 1 unspecified atom stereocenters. The zero-order chi connectivity index (χ0) is 16.4. The van der Waals surface area contributed by atoms with Gasteiger partial charge in [-0.2, -0.15) is 0 Å². The zero-order valence-corrected chi connectivity index (χ0v) is 12.2. The molecule has 122 valence electrons. The predicted octanol–water partition coefficient (Wildman–Crippen LogP) is -0.967. The van der Waals surface area contributed by atoms with Crippen molar-refractivity contribution in [3.8, 4) is 11.8 Å². The van der Waals surface area contributed by atoms with Crippen LogP contribution in [0.2, 0.25) is 0 Å². The fourth-order valence-electron chi connectivity index (χ4n) is 1.71. The summed E-state index contributed by atoms with van der Waals surface area (Å²) in [5, 5.41) is 46.4. The molecule has 1 aromatic rings. The molecule has 1 aromatic carbocycles. The quantitative estimate of drug-likeness (QED) is 0.312. The maximum Gasteiger partial charge on any atom is 0.111 e. The molecule has 0 radical (unpaired) electrons. The van der Waals surface area contributed by atoms with Gasteiger partial charge in [-0.05, 0) is 5.56 Å². The van der Waals surface area contributed by atoms with Gasteiger partial charge in [-0.3, -0.25) is 0 Å². The van der Waals surface area contributed by atoms with E-state index in [0.29, 0.717) is 6.61 Å². The van der Waals surface area contributed by atoms with E-state index in [0.717, 1.165) is 5.56 Å². The fourth-order valence-corrected chi connectivity index (χ4v) is 1.71. The Morgan fingerprint density at radius 2 is 1.55 bits per heavy atom. The number of aliphatic hydroxyl groups excluding tert-OH is 5. The van der Waals surface area contributed by atoms with E-state index in [1.165, 1.54) is 0 Å². The summed E-state index contributed by atoms with van der Waals surface area (Å²) in [5.41, 5.74) is 1.03. The topological polar surface area (TPSA) is 110 Å². The average molecular weight is 310 g/mol. The van der Waals surface area contributed by atoms with Crippen LogP contribution in [0.15, 0.2) is 30.3 Å². The molecule has 0 heterocycles. The van der Waals surface area contributed by atoms with E-state index in [2.05, 4.69) is 11.8 Å². The maximum absolute atomic E-state index is 9.62. The number of rotatable bonds is 8. The maximum atomic E-state index is 9.62. The Bertz CT molecular complexity index is 467. The van der Waals surface area contributed by atoms with Crippen LogP contribution >= 0.6 is 0 Å². The van der Waals surface area contributed by atoms with E-state index in [1.54, 1.807) is 0 Å². The van der Waals surface area contributed by atoms with Gasteiger partial charge < -0.3 is 30.3 Å². The Morgan fingerprint density at radius 3 is 2.18 bits per heavy atom.